The average Bonchev–Trinajstić information content (AvgIpc) is 3.13. The third-order valence-electron chi connectivity index (χ3n) is 3.98. The van der Waals surface area contributed by atoms with Crippen molar-refractivity contribution in [1.29, 1.82) is 0 Å². The van der Waals surface area contributed by atoms with Gasteiger partial charge < -0.3 is 20.1 Å². The molecule has 0 spiro atoms. The molecule has 0 radical (unpaired) electrons. The first-order chi connectivity index (χ1) is 9.64. The van der Waals surface area contributed by atoms with Crippen LogP contribution >= 0.6 is 0 Å². The lowest BCUT2D eigenvalue weighted by Crippen LogP contribution is -2.67. The first kappa shape index (κ1) is 16.1. The second-order valence-electron chi connectivity index (χ2n) is 7.18. The third kappa shape index (κ3) is 3.87. The minimum Gasteiger partial charge on any atom is -0.444 e. The van der Waals surface area contributed by atoms with Gasteiger partial charge in [-0.25, -0.2) is 4.79 Å². The second kappa shape index (κ2) is 5.48. The number of ether oxygens (including phenoxy) is 1. The fourth-order valence-corrected chi connectivity index (χ4v) is 2.66. The Morgan fingerprint density at radius 2 is 1.95 bits per heavy atom. The summed E-state index contributed by atoms with van der Waals surface area (Å²) < 4.78 is 5.17. The number of carbonyl (C=O) groups is 2. The maximum absolute atomic E-state index is 12.3. The Hall–Kier alpha value is -1.30. The molecule has 6 nitrogen and oxygen atoms in total. The Morgan fingerprint density at radius 3 is 2.38 bits per heavy atom. The molecule has 2 N–H and O–H groups in total. The van der Waals surface area contributed by atoms with E-state index in [1.165, 1.54) is 0 Å². The number of nitrogens with zero attached hydrogens (tertiary/aromatic N) is 1. The topological polar surface area (TPSA) is 78.9 Å². The summed E-state index contributed by atoms with van der Waals surface area (Å²) in [5.41, 5.74) is -1.28. The number of amides is 2. The molecule has 1 aliphatic carbocycles. The average molecular weight is 298 g/mol. The van der Waals surface area contributed by atoms with Crippen LogP contribution in [-0.2, 0) is 9.53 Å². The van der Waals surface area contributed by atoms with E-state index in [2.05, 4.69) is 5.32 Å². The first-order valence-electron chi connectivity index (χ1n) is 7.65. The van der Waals surface area contributed by atoms with Crippen LogP contribution in [0.1, 0.15) is 47.0 Å². The highest BCUT2D eigenvalue weighted by Gasteiger charge is 2.53. The molecular weight excluding hydrogens is 272 g/mol. The summed E-state index contributed by atoms with van der Waals surface area (Å²) in [6, 6.07) is -0.594. The van der Waals surface area contributed by atoms with Crippen molar-refractivity contribution in [1.82, 2.24) is 10.2 Å². The van der Waals surface area contributed by atoms with Crippen LogP contribution in [0.2, 0.25) is 0 Å². The zero-order valence-electron chi connectivity index (χ0n) is 13.3. The van der Waals surface area contributed by atoms with Gasteiger partial charge in [0, 0.05) is 0 Å². The molecule has 1 heterocycles. The monoisotopic (exact) mass is 298 g/mol. The van der Waals surface area contributed by atoms with Crippen LogP contribution in [0.3, 0.4) is 0 Å². The molecule has 0 aromatic carbocycles. The Morgan fingerprint density at radius 1 is 1.38 bits per heavy atom. The smallest absolute Gasteiger partial charge is 0.408 e. The van der Waals surface area contributed by atoms with E-state index in [0.29, 0.717) is 25.4 Å². The van der Waals surface area contributed by atoms with Crippen LogP contribution < -0.4 is 5.32 Å². The van der Waals surface area contributed by atoms with Gasteiger partial charge in [0.15, 0.2) is 0 Å². The van der Waals surface area contributed by atoms with E-state index in [0.717, 1.165) is 12.8 Å². The molecular formula is C15H26N2O4. The standard InChI is InChI=1S/C15H26N2O4/c1-5-11(16-13(19)21-14(2,3)4)12(18)17-8-15(20,9-17)10-6-7-10/h10-11,20H,5-9H2,1-4H3,(H,16,19). The van der Waals surface area contributed by atoms with Crippen LogP contribution in [0.5, 0.6) is 0 Å². The van der Waals surface area contributed by atoms with E-state index in [9.17, 15) is 14.7 Å². The molecule has 21 heavy (non-hydrogen) atoms. The van der Waals surface area contributed by atoms with Crippen molar-refractivity contribution in [2.45, 2.75) is 64.2 Å². The SMILES string of the molecule is CCC(NC(=O)OC(C)(C)C)C(=O)N1CC(O)(C2CC2)C1. The Bertz CT molecular complexity index is 420. The van der Waals surface area contributed by atoms with Crippen LogP contribution in [0.25, 0.3) is 0 Å². The van der Waals surface area contributed by atoms with Gasteiger partial charge in [0.05, 0.1) is 13.1 Å². The van der Waals surface area contributed by atoms with Crippen molar-refractivity contribution in [2.24, 2.45) is 5.92 Å². The number of likely N-dealkylation sites (tertiary alicyclic amines) is 1. The van der Waals surface area contributed by atoms with E-state index in [1.807, 2.05) is 6.92 Å². The Balaban J connectivity index is 1.83. The molecule has 0 aromatic heterocycles. The first-order valence-corrected chi connectivity index (χ1v) is 7.65. The Kier molecular flexibility index (Phi) is 4.19. The number of carbonyl (C=O) groups excluding carboxylic acids is 2. The van der Waals surface area contributed by atoms with Crippen LogP contribution in [0, 0.1) is 5.92 Å². The molecule has 1 unspecified atom stereocenters. The molecule has 1 saturated carbocycles. The van der Waals surface area contributed by atoms with Gasteiger partial charge in [0.1, 0.15) is 17.2 Å². The van der Waals surface area contributed by atoms with E-state index >= 15 is 0 Å². The van der Waals surface area contributed by atoms with E-state index in [1.54, 1.807) is 25.7 Å². The molecule has 1 aliphatic heterocycles. The largest absolute Gasteiger partial charge is 0.444 e. The number of nitrogens with one attached hydrogen (secondary N) is 1. The summed E-state index contributed by atoms with van der Waals surface area (Å²) in [6.45, 7) is 7.93. The van der Waals surface area contributed by atoms with Gasteiger partial charge in [-0.1, -0.05) is 6.92 Å². The normalized spacial score (nSPS) is 22.2. The summed E-state index contributed by atoms with van der Waals surface area (Å²) in [7, 11) is 0. The number of hydrogen-bond donors (Lipinski definition) is 2. The van der Waals surface area contributed by atoms with Gasteiger partial charge in [0.25, 0.3) is 0 Å². The van der Waals surface area contributed by atoms with Crippen LogP contribution in [-0.4, -0.2) is 52.3 Å². The summed E-state index contributed by atoms with van der Waals surface area (Å²) in [4.78, 5) is 25.7. The number of hydrogen-bond acceptors (Lipinski definition) is 4. The molecule has 2 fully saturated rings. The molecule has 6 heteroatoms. The van der Waals surface area contributed by atoms with Crippen molar-refractivity contribution in [3.05, 3.63) is 0 Å². The number of aliphatic hydroxyl groups is 1. The summed E-state index contributed by atoms with van der Waals surface area (Å²) >= 11 is 0. The summed E-state index contributed by atoms with van der Waals surface area (Å²) in [5, 5.41) is 12.9. The van der Waals surface area contributed by atoms with Crippen LogP contribution in [0.15, 0.2) is 0 Å². The molecule has 1 atom stereocenters. The second-order valence-corrected chi connectivity index (χ2v) is 7.18. The highest BCUT2D eigenvalue weighted by Crippen LogP contribution is 2.44. The number of β-amino-alcohol motifs (C(OH)–C–C–N with tert-alkyl or cyclic N) is 1. The zero-order valence-corrected chi connectivity index (χ0v) is 13.3. The van der Waals surface area contributed by atoms with Gasteiger partial charge >= 0.3 is 6.09 Å². The molecule has 0 bridgehead atoms. The maximum Gasteiger partial charge on any atom is 0.408 e. The van der Waals surface area contributed by atoms with Crippen molar-refractivity contribution in [3.8, 4) is 0 Å². The lowest BCUT2D eigenvalue weighted by atomic mass is 9.88. The molecule has 2 aliphatic rings. The van der Waals surface area contributed by atoms with Crippen molar-refractivity contribution < 1.29 is 19.4 Å². The minimum absolute atomic E-state index is 0.145. The van der Waals surface area contributed by atoms with Gasteiger partial charge in [-0.3, -0.25) is 4.79 Å². The predicted octanol–water partition coefficient (Wildman–Crippen LogP) is 1.27. The van der Waals surface area contributed by atoms with Gasteiger partial charge in [-0.2, -0.15) is 0 Å². The lowest BCUT2D eigenvalue weighted by Gasteiger charge is -2.48. The van der Waals surface area contributed by atoms with E-state index < -0.39 is 23.3 Å². The highest BCUT2D eigenvalue weighted by molar-refractivity contribution is 5.86. The minimum atomic E-state index is -0.695. The van der Waals surface area contributed by atoms with Gasteiger partial charge in [0.2, 0.25) is 5.91 Å². The molecule has 2 rings (SSSR count). The van der Waals surface area contributed by atoms with E-state index in [4.69, 9.17) is 4.74 Å². The van der Waals surface area contributed by atoms with Crippen molar-refractivity contribution >= 4 is 12.0 Å². The number of alkyl carbamates (subject to hydrolysis) is 1. The zero-order chi connectivity index (χ0) is 15.8. The fraction of sp³-hybridized carbons (Fsp3) is 0.867. The lowest BCUT2D eigenvalue weighted by molar-refractivity contribution is -0.161. The molecule has 2 amide bonds. The number of rotatable bonds is 4. The van der Waals surface area contributed by atoms with Gasteiger partial charge in [-0.05, 0) is 46.0 Å². The summed E-state index contributed by atoms with van der Waals surface area (Å²) in [5.74, 6) is 0.203. The van der Waals surface area contributed by atoms with Crippen molar-refractivity contribution in [2.75, 3.05) is 13.1 Å². The highest BCUT2D eigenvalue weighted by atomic mass is 16.6. The molecule has 0 aromatic rings. The van der Waals surface area contributed by atoms with Crippen molar-refractivity contribution in [3.63, 3.8) is 0 Å². The third-order valence-corrected chi connectivity index (χ3v) is 3.98. The van der Waals surface area contributed by atoms with Crippen LogP contribution in [0.4, 0.5) is 4.79 Å². The summed E-state index contributed by atoms with van der Waals surface area (Å²) in [6.07, 6.45) is 2.01. The molecule has 1 saturated heterocycles. The van der Waals surface area contributed by atoms with E-state index in [-0.39, 0.29) is 5.91 Å². The maximum atomic E-state index is 12.3. The fourth-order valence-electron chi connectivity index (χ4n) is 2.66. The van der Waals surface area contributed by atoms with Gasteiger partial charge in [-0.15, -0.1) is 0 Å². The Labute approximate surface area is 125 Å². The molecule has 120 valence electrons. The predicted molar refractivity (Wildman–Crippen MR) is 77.7 cm³/mol. The quantitative estimate of drug-likeness (QED) is 0.819.